The molecule has 0 amide bonds. The Labute approximate surface area is 121 Å². The van der Waals surface area contributed by atoms with Gasteiger partial charge in [0.2, 0.25) is 0 Å². The topological polar surface area (TPSA) is 77.2 Å². The first kappa shape index (κ1) is 14.3. The van der Waals surface area contributed by atoms with Crippen molar-refractivity contribution in [3.8, 4) is 0 Å². The number of esters is 1. The van der Waals surface area contributed by atoms with Crippen LogP contribution in [0.2, 0.25) is 0 Å². The Morgan fingerprint density at radius 2 is 2.35 bits per heavy atom. The lowest BCUT2D eigenvalue weighted by molar-refractivity contribution is 0.0527. The van der Waals surface area contributed by atoms with E-state index >= 15 is 0 Å². The highest BCUT2D eigenvalue weighted by atomic mass is 32.1. The summed E-state index contributed by atoms with van der Waals surface area (Å²) in [4.78, 5) is 16.0. The van der Waals surface area contributed by atoms with E-state index in [0.29, 0.717) is 17.9 Å². The molecule has 0 aliphatic heterocycles. The van der Waals surface area contributed by atoms with E-state index in [-0.39, 0.29) is 0 Å². The van der Waals surface area contributed by atoms with Gasteiger partial charge in [0.15, 0.2) is 0 Å². The molecule has 0 aliphatic carbocycles. The van der Waals surface area contributed by atoms with Crippen molar-refractivity contribution in [1.29, 1.82) is 0 Å². The smallest absolute Gasteiger partial charge is 0.340 e. The molecule has 0 fully saturated rings. The number of carbonyl (C=O) groups excluding carboxylic acids is 1. The third-order valence-electron chi connectivity index (χ3n) is 2.74. The maximum atomic E-state index is 11.7. The van der Waals surface area contributed by atoms with Crippen LogP contribution in [0.4, 0.5) is 11.4 Å². The standard InChI is InChI=1S/C14H17N3O2S/c1-2-19-14(18)12-7-10(3-4-13(12)15)16-6-5-11-8-20-9-17-11/h3-4,7-9,16H,2,5-6,15H2,1H3. The molecule has 1 aromatic heterocycles. The highest BCUT2D eigenvalue weighted by Gasteiger charge is 2.11. The number of nitrogens with zero attached hydrogens (tertiary/aromatic N) is 1. The fourth-order valence-corrected chi connectivity index (χ4v) is 2.34. The van der Waals surface area contributed by atoms with E-state index in [4.69, 9.17) is 10.5 Å². The van der Waals surface area contributed by atoms with Gasteiger partial charge in [-0.25, -0.2) is 9.78 Å². The van der Waals surface area contributed by atoms with Crippen LogP contribution in [0.3, 0.4) is 0 Å². The molecular weight excluding hydrogens is 274 g/mol. The summed E-state index contributed by atoms with van der Waals surface area (Å²) in [5.41, 5.74) is 10.3. The zero-order chi connectivity index (χ0) is 14.4. The lowest BCUT2D eigenvalue weighted by Crippen LogP contribution is -2.10. The number of aromatic nitrogens is 1. The Balaban J connectivity index is 1.98. The average Bonchev–Trinajstić information content (AvgIpc) is 2.94. The van der Waals surface area contributed by atoms with Crippen LogP contribution in [-0.4, -0.2) is 24.1 Å². The molecule has 0 unspecified atom stereocenters. The van der Waals surface area contributed by atoms with E-state index in [2.05, 4.69) is 10.3 Å². The lowest BCUT2D eigenvalue weighted by Gasteiger charge is -2.09. The second-order valence-corrected chi connectivity index (χ2v) is 4.90. The van der Waals surface area contributed by atoms with Gasteiger partial charge in [-0.3, -0.25) is 0 Å². The van der Waals surface area contributed by atoms with Gasteiger partial charge in [0.1, 0.15) is 0 Å². The fraction of sp³-hybridized carbons (Fsp3) is 0.286. The minimum atomic E-state index is -0.395. The van der Waals surface area contributed by atoms with Crippen LogP contribution in [0.25, 0.3) is 0 Å². The molecular formula is C14H17N3O2S. The first-order valence-corrected chi connectivity index (χ1v) is 7.32. The maximum Gasteiger partial charge on any atom is 0.340 e. The van der Waals surface area contributed by atoms with Crippen molar-refractivity contribution in [1.82, 2.24) is 4.98 Å². The number of nitrogen functional groups attached to an aromatic ring is 1. The van der Waals surface area contributed by atoms with Crippen LogP contribution in [0, 0.1) is 0 Å². The molecule has 0 spiro atoms. The zero-order valence-electron chi connectivity index (χ0n) is 11.3. The normalized spacial score (nSPS) is 10.2. The number of hydrogen-bond acceptors (Lipinski definition) is 6. The molecule has 0 saturated carbocycles. The monoisotopic (exact) mass is 291 g/mol. The first-order chi connectivity index (χ1) is 9.70. The first-order valence-electron chi connectivity index (χ1n) is 6.38. The van der Waals surface area contributed by atoms with Crippen molar-refractivity contribution in [2.45, 2.75) is 13.3 Å². The van der Waals surface area contributed by atoms with Crippen LogP contribution in [0.15, 0.2) is 29.1 Å². The molecule has 0 saturated heterocycles. The number of hydrogen-bond donors (Lipinski definition) is 2. The van der Waals surface area contributed by atoms with E-state index in [1.54, 1.807) is 30.4 Å². The Bertz CT molecular complexity index is 570. The van der Waals surface area contributed by atoms with E-state index < -0.39 is 5.97 Å². The summed E-state index contributed by atoms with van der Waals surface area (Å²) in [6, 6.07) is 5.27. The average molecular weight is 291 g/mol. The molecule has 106 valence electrons. The van der Waals surface area contributed by atoms with Crippen molar-refractivity contribution >= 4 is 28.7 Å². The Morgan fingerprint density at radius 1 is 1.50 bits per heavy atom. The van der Waals surface area contributed by atoms with Gasteiger partial charge in [-0.1, -0.05) is 0 Å². The predicted molar refractivity (Wildman–Crippen MR) is 81.1 cm³/mol. The highest BCUT2D eigenvalue weighted by molar-refractivity contribution is 7.07. The summed E-state index contributed by atoms with van der Waals surface area (Å²) in [5, 5.41) is 5.27. The molecule has 20 heavy (non-hydrogen) atoms. The quantitative estimate of drug-likeness (QED) is 0.632. The van der Waals surface area contributed by atoms with Gasteiger partial charge in [-0.15, -0.1) is 11.3 Å². The third kappa shape index (κ3) is 3.71. The summed E-state index contributed by atoms with van der Waals surface area (Å²) in [6.07, 6.45) is 0.836. The largest absolute Gasteiger partial charge is 0.462 e. The van der Waals surface area contributed by atoms with Gasteiger partial charge in [0, 0.05) is 29.7 Å². The van der Waals surface area contributed by atoms with E-state index in [9.17, 15) is 4.79 Å². The van der Waals surface area contributed by atoms with Crippen molar-refractivity contribution < 1.29 is 9.53 Å². The molecule has 2 rings (SSSR count). The van der Waals surface area contributed by atoms with Gasteiger partial charge in [0.05, 0.1) is 23.4 Å². The molecule has 0 radical (unpaired) electrons. The second kappa shape index (κ2) is 6.91. The molecule has 0 bridgehead atoms. The Kier molecular flexibility index (Phi) is 4.95. The van der Waals surface area contributed by atoms with Crippen molar-refractivity contribution in [2.24, 2.45) is 0 Å². The number of rotatable bonds is 6. The summed E-state index contributed by atoms with van der Waals surface area (Å²) < 4.78 is 4.97. The Morgan fingerprint density at radius 3 is 3.05 bits per heavy atom. The maximum absolute atomic E-state index is 11.7. The fourth-order valence-electron chi connectivity index (χ4n) is 1.75. The molecule has 1 aromatic carbocycles. The van der Waals surface area contributed by atoms with Gasteiger partial charge in [0.25, 0.3) is 0 Å². The van der Waals surface area contributed by atoms with E-state index in [0.717, 1.165) is 24.3 Å². The number of nitrogens with two attached hydrogens (primary N) is 1. The van der Waals surface area contributed by atoms with Crippen LogP contribution in [0.1, 0.15) is 23.0 Å². The van der Waals surface area contributed by atoms with E-state index in [1.165, 1.54) is 0 Å². The lowest BCUT2D eigenvalue weighted by atomic mass is 10.1. The van der Waals surface area contributed by atoms with Gasteiger partial charge >= 0.3 is 5.97 Å². The summed E-state index contributed by atoms with van der Waals surface area (Å²) in [6.45, 7) is 2.85. The van der Waals surface area contributed by atoms with Gasteiger partial charge in [-0.2, -0.15) is 0 Å². The second-order valence-electron chi connectivity index (χ2n) is 4.18. The van der Waals surface area contributed by atoms with Crippen LogP contribution in [0.5, 0.6) is 0 Å². The number of benzene rings is 1. The van der Waals surface area contributed by atoms with Gasteiger partial charge in [-0.05, 0) is 25.1 Å². The number of nitrogens with one attached hydrogen (secondary N) is 1. The molecule has 3 N–H and O–H groups in total. The van der Waals surface area contributed by atoms with Crippen molar-refractivity contribution in [3.63, 3.8) is 0 Å². The van der Waals surface area contributed by atoms with Crippen LogP contribution < -0.4 is 11.1 Å². The predicted octanol–water partition coefficient (Wildman–Crippen LogP) is 2.56. The molecule has 6 heteroatoms. The summed E-state index contributed by atoms with van der Waals surface area (Å²) in [5.74, 6) is -0.395. The van der Waals surface area contributed by atoms with Crippen LogP contribution in [-0.2, 0) is 11.2 Å². The molecule has 0 aliphatic rings. The molecule has 5 nitrogen and oxygen atoms in total. The molecule has 2 aromatic rings. The summed E-state index contributed by atoms with van der Waals surface area (Å²) >= 11 is 1.58. The summed E-state index contributed by atoms with van der Waals surface area (Å²) in [7, 11) is 0. The Hall–Kier alpha value is -2.08. The third-order valence-corrected chi connectivity index (χ3v) is 3.38. The van der Waals surface area contributed by atoms with Crippen molar-refractivity contribution in [2.75, 3.05) is 24.2 Å². The number of anilines is 2. The van der Waals surface area contributed by atoms with Crippen LogP contribution >= 0.6 is 11.3 Å². The van der Waals surface area contributed by atoms with Gasteiger partial charge < -0.3 is 15.8 Å². The minimum Gasteiger partial charge on any atom is -0.462 e. The highest BCUT2D eigenvalue weighted by Crippen LogP contribution is 2.19. The zero-order valence-corrected chi connectivity index (χ0v) is 12.1. The van der Waals surface area contributed by atoms with E-state index in [1.807, 2.05) is 17.0 Å². The molecule has 0 atom stereocenters. The number of carbonyl (C=O) groups is 1. The minimum absolute atomic E-state index is 0.333. The van der Waals surface area contributed by atoms with Crippen molar-refractivity contribution in [3.05, 3.63) is 40.3 Å². The number of ether oxygens (including phenoxy) is 1. The number of thiazole rings is 1. The molecule has 1 heterocycles. The SMILES string of the molecule is CCOC(=O)c1cc(NCCc2cscn2)ccc1N.